The highest BCUT2D eigenvalue weighted by molar-refractivity contribution is 6.33. The lowest BCUT2D eigenvalue weighted by Crippen LogP contribution is -2.23. The maximum absolute atomic E-state index is 13.9. The molecule has 0 fully saturated rings. The quantitative estimate of drug-likeness (QED) is 0.498. The molecule has 1 N–H and O–H groups in total. The van der Waals surface area contributed by atoms with Crippen LogP contribution in [0.3, 0.4) is 0 Å². The zero-order valence-corrected chi connectivity index (χ0v) is 16.0. The molecule has 8 heteroatoms. The summed E-state index contributed by atoms with van der Waals surface area (Å²) in [6, 6.07) is 14.9. The minimum Gasteiger partial charge on any atom is -0.360 e. The van der Waals surface area contributed by atoms with Crippen molar-refractivity contribution in [2.45, 2.75) is 13.5 Å². The molecule has 4 aromatic rings. The Morgan fingerprint density at radius 2 is 1.79 bits per heavy atom. The number of aromatic nitrogens is 2. The number of hydrogen-bond acceptors (Lipinski definition) is 5. The fourth-order valence-electron chi connectivity index (χ4n) is 2.92. The minimum absolute atomic E-state index is 0.0867. The topological polar surface area (TPSA) is 81.2 Å². The van der Waals surface area contributed by atoms with E-state index in [1.165, 1.54) is 6.07 Å². The molecular formula is C21H15ClFN3O3. The van der Waals surface area contributed by atoms with Crippen LogP contribution in [-0.4, -0.2) is 16.2 Å². The number of amides is 1. The molecule has 0 unspecified atom stereocenters. The minimum atomic E-state index is -0.413. The van der Waals surface area contributed by atoms with Crippen LogP contribution in [-0.2, 0) is 6.54 Å². The van der Waals surface area contributed by atoms with E-state index in [-0.39, 0.29) is 17.9 Å². The average Bonchev–Trinajstić information content (AvgIpc) is 3.34. The van der Waals surface area contributed by atoms with E-state index in [0.717, 1.165) is 0 Å². The summed E-state index contributed by atoms with van der Waals surface area (Å²) in [5.74, 6) is -0.160. The van der Waals surface area contributed by atoms with Crippen molar-refractivity contribution in [2.24, 2.45) is 0 Å². The van der Waals surface area contributed by atoms with E-state index >= 15 is 0 Å². The summed E-state index contributed by atoms with van der Waals surface area (Å²) in [4.78, 5) is 12.8. The van der Waals surface area contributed by atoms with Gasteiger partial charge in [-0.3, -0.25) is 4.79 Å². The monoisotopic (exact) mass is 411 g/mol. The van der Waals surface area contributed by atoms with Gasteiger partial charge in [0.05, 0.1) is 17.1 Å². The third kappa shape index (κ3) is 3.77. The van der Waals surface area contributed by atoms with Crippen LogP contribution >= 0.6 is 11.6 Å². The molecule has 146 valence electrons. The predicted octanol–water partition coefficient (Wildman–Crippen LogP) is 5.03. The molecule has 0 aliphatic heterocycles. The predicted molar refractivity (Wildman–Crippen MR) is 105 cm³/mol. The van der Waals surface area contributed by atoms with Crippen molar-refractivity contribution in [1.29, 1.82) is 0 Å². The highest BCUT2D eigenvalue weighted by Crippen LogP contribution is 2.31. The van der Waals surface area contributed by atoms with Gasteiger partial charge in [-0.1, -0.05) is 52.2 Å². The molecule has 0 spiro atoms. The van der Waals surface area contributed by atoms with E-state index in [0.29, 0.717) is 33.3 Å². The van der Waals surface area contributed by atoms with Gasteiger partial charge in [-0.15, -0.1) is 0 Å². The molecule has 6 nitrogen and oxygen atoms in total. The molecule has 2 aromatic heterocycles. The summed E-state index contributed by atoms with van der Waals surface area (Å²) in [6.07, 6.45) is 0. The Kier molecular flexibility index (Phi) is 5.14. The number of hydrogen-bond donors (Lipinski definition) is 1. The molecule has 0 aliphatic carbocycles. The normalized spacial score (nSPS) is 10.9. The van der Waals surface area contributed by atoms with Crippen LogP contribution in [0.4, 0.5) is 4.39 Å². The van der Waals surface area contributed by atoms with Crippen LogP contribution in [0.1, 0.15) is 21.8 Å². The summed E-state index contributed by atoms with van der Waals surface area (Å²) in [5, 5.41) is 11.1. The molecule has 0 atom stereocenters. The Balaban J connectivity index is 1.53. The standard InChI is InChI=1S/C21H15ClFN3O3/c1-12-19(20(26-28-12)14-6-2-4-8-16(14)22)21(27)24-11-13-10-18(29-25-13)15-7-3-5-9-17(15)23/h2-10H,11H2,1H3,(H,24,27). The van der Waals surface area contributed by atoms with Crippen LogP contribution in [0, 0.1) is 12.7 Å². The highest BCUT2D eigenvalue weighted by atomic mass is 35.5. The van der Waals surface area contributed by atoms with Crippen molar-refractivity contribution < 1.29 is 18.2 Å². The Bertz CT molecular complexity index is 1190. The largest absolute Gasteiger partial charge is 0.360 e. The third-order valence-corrected chi connectivity index (χ3v) is 4.68. The summed E-state index contributed by atoms with van der Waals surface area (Å²) >= 11 is 6.22. The molecule has 4 rings (SSSR count). The van der Waals surface area contributed by atoms with Crippen LogP contribution in [0.2, 0.25) is 5.02 Å². The first kappa shape index (κ1) is 18.9. The lowest BCUT2D eigenvalue weighted by Gasteiger charge is -2.05. The number of carbonyl (C=O) groups is 1. The highest BCUT2D eigenvalue weighted by Gasteiger charge is 2.23. The summed E-state index contributed by atoms with van der Waals surface area (Å²) < 4.78 is 24.3. The molecule has 0 saturated carbocycles. The van der Waals surface area contributed by atoms with Crippen molar-refractivity contribution in [2.75, 3.05) is 0 Å². The summed E-state index contributed by atoms with van der Waals surface area (Å²) in [6.45, 7) is 1.73. The Hall–Kier alpha value is -3.45. The molecule has 2 aromatic carbocycles. The van der Waals surface area contributed by atoms with Gasteiger partial charge >= 0.3 is 0 Å². The molecule has 0 aliphatic rings. The maximum atomic E-state index is 13.9. The molecule has 0 radical (unpaired) electrons. The maximum Gasteiger partial charge on any atom is 0.257 e. The molecule has 0 saturated heterocycles. The number of nitrogens with one attached hydrogen (secondary N) is 1. The van der Waals surface area contributed by atoms with Gasteiger partial charge in [-0.2, -0.15) is 0 Å². The van der Waals surface area contributed by atoms with E-state index in [2.05, 4.69) is 15.6 Å². The number of rotatable bonds is 5. The second kappa shape index (κ2) is 7.89. The van der Waals surface area contributed by atoms with Gasteiger partial charge < -0.3 is 14.4 Å². The van der Waals surface area contributed by atoms with Gasteiger partial charge in [-0.05, 0) is 25.1 Å². The Morgan fingerprint density at radius 3 is 2.55 bits per heavy atom. The van der Waals surface area contributed by atoms with Crippen LogP contribution in [0.5, 0.6) is 0 Å². The molecule has 29 heavy (non-hydrogen) atoms. The van der Waals surface area contributed by atoms with E-state index in [1.807, 2.05) is 0 Å². The third-order valence-electron chi connectivity index (χ3n) is 4.35. The Labute approximate surface area is 170 Å². The number of halogens is 2. The van der Waals surface area contributed by atoms with Gasteiger partial charge in [0.25, 0.3) is 5.91 Å². The van der Waals surface area contributed by atoms with Gasteiger partial charge in [0.15, 0.2) is 5.76 Å². The van der Waals surface area contributed by atoms with Crippen molar-refractivity contribution in [3.05, 3.63) is 82.5 Å². The van der Waals surface area contributed by atoms with Crippen LogP contribution < -0.4 is 5.32 Å². The zero-order valence-electron chi connectivity index (χ0n) is 15.3. The fraction of sp³-hybridized carbons (Fsp3) is 0.0952. The van der Waals surface area contributed by atoms with E-state index < -0.39 is 11.7 Å². The second-order valence-electron chi connectivity index (χ2n) is 6.29. The van der Waals surface area contributed by atoms with Crippen molar-refractivity contribution in [3.63, 3.8) is 0 Å². The van der Waals surface area contributed by atoms with E-state index in [9.17, 15) is 9.18 Å². The SMILES string of the molecule is Cc1onc(-c2ccccc2Cl)c1C(=O)NCc1cc(-c2ccccc2F)on1. The summed E-state index contributed by atoms with van der Waals surface area (Å²) in [5.41, 5.74) is 1.99. The van der Waals surface area contributed by atoms with Gasteiger partial charge in [0, 0.05) is 11.6 Å². The Morgan fingerprint density at radius 1 is 1.07 bits per heavy atom. The number of carbonyl (C=O) groups excluding carboxylic acids is 1. The van der Waals surface area contributed by atoms with Crippen molar-refractivity contribution >= 4 is 17.5 Å². The van der Waals surface area contributed by atoms with Gasteiger partial charge in [0.2, 0.25) is 0 Å². The zero-order chi connectivity index (χ0) is 20.4. The molecule has 1 amide bonds. The first-order chi connectivity index (χ1) is 14.0. The fourth-order valence-corrected chi connectivity index (χ4v) is 3.14. The number of nitrogens with zero attached hydrogens (tertiary/aromatic N) is 2. The van der Waals surface area contributed by atoms with Crippen LogP contribution in [0.15, 0.2) is 63.6 Å². The summed E-state index contributed by atoms with van der Waals surface area (Å²) in [7, 11) is 0. The molecule has 2 heterocycles. The second-order valence-corrected chi connectivity index (χ2v) is 6.69. The lowest BCUT2D eigenvalue weighted by molar-refractivity contribution is 0.0949. The molecular weight excluding hydrogens is 397 g/mol. The van der Waals surface area contributed by atoms with E-state index in [1.54, 1.807) is 55.5 Å². The smallest absolute Gasteiger partial charge is 0.257 e. The number of benzene rings is 2. The van der Waals surface area contributed by atoms with Gasteiger partial charge in [-0.25, -0.2) is 4.39 Å². The van der Waals surface area contributed by atoms with Crippen LogP contribution in [0.25, 0.3) is 22.6 Å². The van der Waals surface area contributed by atoms with Gasteiger partial charge in [0.1, 0.15) is 28.5 Å². The first-order valence-corrected chi connectivity index (χ1v) is 9.12. The lowest BCUT2D eigenvalue weighted by atomic mass is 10.1. The number of aryl methyl sites for hydroxylation is 1. The average molecular weight is 412 g/mol. The molecule has 0 bridgehead atoms. The van der Waals surface area contributed by atoms with Crippen molar-refractivity contribution in [3.8, 4) is 22.6 Å². The van der Waals surface area contributed by atoms with E-state index in [4.69, 9.17) is 20.6 Å². The first-order valence-electron chi connectivity index (χ1n) is 8.74. The van der Waals surface area contributed by atoms with Crippen molar-refractivity contribution in [1.82, 2.24) is 15.6 Å².